The van der Waals surface area contributed by atoms with Crippen LogP contribution in [-0.4, -0.2) is 66.2 Å². The third-order valence-corrected chi connectivity index (χ3v) is 7.94. The highest BCUT2D eigenvalue weighted by Crippen LogP contribution is 2.41. The van der Waals surface area contributed by atoms with Crippen molar-refractivity contribution in [3.8, 4) is 0 Å². The Labute approximate surface area is 222 Å². The summed E-state index contributed by atoms with van der Waals surface area (Å²) in [4.78, 5) is 6.25. The minimum absolute atomic E-state index is 0.0855. The number of aromatic nitrogens is 1. The lowest BCUT2D eigenvalue weighted by molar-refractivity contribution is -0.143. The third kappa shape index (κ3) is 5.33. The monoisotopic (exact) mass is 552 g/mol. The number of alkyl halides is 3. The number of pyridine rings is 1. The van der Waals surface area contributed by atoms with E-state index in [2.05, 4.69) is 9.88 Å². The van der Waals surface area contributed by atoms with E-state index in [0.717, 1.165) is 31.2 Å². The molecule has 3 saturated heterocycles. The van der Waals surface area contributed by atoms with Gasteiger partial charge in [-0.25, -0.2) is 13.8 Å². The summed E-state index contributed by atoms with van der Waals surface area (Å²) >= 11 is 0. The molecule has 0 radical (unpaired) electrons. The zero-order valence-corrected chi connectivity index (χ0v) is 21.3. The highest BCUT2D eigenvalue weighted by molar-refractivity contribution is 6.03. The van der Waals surface area contributed by atoms with Crippen LogP contribution in [0.25, 0.3) is 0 Å². The number of halogens is 5. The number of hydrazone groups is 1. The minimum atomic E-state index is -4.43. The number of nitrogens with zero attached hydrogens (tertiary/aromatic N) is 4. The molecule has 4 aliphatic rings. The van der Waals surface area contributed by atoms with Gasteiger partial charge in [-0.2, -0.15) is 18.3 Å². The van der Waals surface area contributed by atoms with Crippen LogP contribution in [0.1, 0.15) is 43.7 Å². The van der Waals surface area contributed by atoms with Crippen molar-refractivity contribution in [1.82, 2.24) is 9.99 Å². The van der Waals surface area contributed by atoms with Crippen LogP contribution in [-0.2, 0) is 20.4 Å². The predicted molar refractivity (Wildman–Crippen MR) is 131 cm³/mol. The third-order valence-electron chi connectivity index (χ3n) is 7.94. The van der Waals surface area contributed by atoms with E-state index < -0.39 is 35.9 Å². The van der Waals surface area contributed by atoms with Gasteiger partial charge in [-0.15, -0.1) is 0 Å². The van der Waals surface area contributed by atoms with Crippen LogP contribution in [0.2, 0.25) is 0 Å². The van der Waals surface area contributed by atoms with Gasteiger partial charge in [0.1, 0.15) is 17.5 Å². The van der Waals surface area contributed by atoms with Gasteiger partial charge < -0.3 is 19.1 Å². The van der Waals surface area contributed by atoms with Crippen LogP contribution < -0.4 is 4.90 Å². The van der Waals surface area contributed by atoms with E-state index in [1.807, 2.05) is 6.92 Å². The first kappa shape index (κ1) is 26.4. The van der Waals surface area contributed by atoms with Gasteiger partial charge in [0.15, 0.2) is 12.5 Å². The quantitative estimate of drug-likeness (QED) is 0.473. The average Bonchev–Trinajstić information content (AvgIpc) is 3.57. The van der Waals surface area contributed by atoms with E-state index >= 15 is 0 Å². The second-order valence-electron chi connectivity index (χ2n) is 10.5. The number of benzene rings is 1. The van der Waals surface area contributed by atoms with Gasteiger partial charge in [0.25, 0.3) is 0 Å². The van der Waals surface area contributed by atoms with Gasteiger partial charge in [0, 0.05) is 35.8 Å². The van der Waals surface area contributed by atoms with Crippen LogP contribution in [0, 0.1) is 17.6 Å². The zero-order chi connectivity index (χ0) is 27.3. The Hall–Kier alpha value is -2.83. The van der Waals surface area contributed by atoms with E-state index in [-0.39, 0.29) is 24.1 Å². The Morgan fingerprint density at radius 3 is 2.26 bits per heavy atom. The van der Waals surface area contributed by atoms with Gasteiger partial charge >= 0.3 is 6.18 Å². The van der Waals surface area contributed by atoms with Crippen LogP contribution in [0.5, 0.6) is 0 Å². The average molecular weight is 553 g/mol. The molecule has 1 aromatic heterocycles. The van der Waals surface area contributed by atoms with Crippen molar-refractivity contribution < 1.29 is 36.2 Å². The number of hydrogen-bond donors (Lipinski definition) is 0. The fraction of sp³-hybridized carbons (Fsp3) is 0.556. The van der Waals surface area contributed by atoms with Gasteiger partial charge in [0.05, 0.1) is 37.1 Å². The molecule has 7 nitrogen and oxygen atoms in total. The lowest BCUT2D eigenvalue weighted by atomic mass is 9.96. The molecule has 0 N–H and O–H groups in total. The molecule has 12 heteroatoms. The molecule has 1 aromatic carbocycles. The number of hydrogen-bond acceptors (Lipinski definition) is 7. The normalized spacial score (nSPS) is 29.4. The summed E-state index contributed by atoms with van der Waals surface area (Å²) < 4.78 is 84.9. The van der Waals surface area contributed by atoms with Gasteiger partial charge in [-0.05, 0) is 49.9 Å². The number of rotatable bonds is 6. The molecule has 39 heavy (non-hydrogen) atoms. The lowest BCUT2D eigenvalue weighted by Crippen LogP contribution is -2.49. The summed E-state index contributed by atoms with van der Waals surface area (Å²) in [6, 6.07) is 6.03. The van der Waals surface area contributed by atoms with E-state index in [0.29, 0.717) is 49.7 Å². The fourth-order valence-corrected chi connectivity index (χ4v) is 6.22. The Bertz CT molecular complexity index is 1190. The molecule has 3 unspecified atom stereocenters. The van der Waals surface area contributed by atoms with Crippen molar-refractivity contribution in [2.24, 2.45) is 11.0 Å². The summed E-state index contributed by atoms with van der Waals surface area (Å²) in [7, 11) is 0. The number of anilines is 1. The van der Waals surface area contributed by atoms with Crippen molar-refractivity contribution in [1.29, 1.82) is 0 Å². The predicted octanol–water partition coefficient (Wildman–Crippen LogP) is 4.95. The molecule has 5 atom stereocenters. The fourth-order valence-electron chi connectivity index (χ4n) is 6.22. The highest BCUT2D eigenvalue weighted by atomic mass is 19.4. The number of fused-ring (bicyclic) bond motifs is 2. The maximum Gasteiger partial charge on any atom is 0.417 e. The van der Waals surface area contributed by atoms with Crippen LogP contribution in [0.3, 0.4) is 0 Å². The van der Waals surface area contributed by atoms with Crippen LogP contribution >= 0.6 is 0 Å². The van der Waals surface area contributed by atoms with Crippen LogP contribution in [0.15, 0.2) is 41.6 Å². The molecular formula is C27H29F5N4O3. The second-order valence-corrected chi connectivity index (χ2v) is 10.5. The van der Waals surface area contributed by atoms with Crippen molar-refractivity contribution in [3.63, 3.8) is 0 Å². The van der Waals surface area contributed by atoms with Crippen molar-refractivity contribution in [2.75, 3.05) is 24.7 Å². The second kappa shape index (κ2) is 10.3. The van der Waals surface area contributed by atoms with Crippen LogP contribution in [0.4, 0.5) is 27.8 Å². The Kier molecular flexibility index (Phi) is 6.96. The molecule has 2 bridgehead atoms. The van der Waals surface area contributed by atoms with Gasteiger partial charge in [-0.3, -0.25) is 5.01 Å². The molecule has 0 saturated carbocycles. The molecule has 0 aliphatic carbocycles. The molecular weight excluding hydrogens is 523 g/mol. The molecule has 6 rings (SSSR count). The maximum absolute atomic E-state index is 14.0. The first-order valence-electron chi connectivity index (χ1n) is 13.2. The van der Waals surface area contributed by atoms with E-state index in [9.17, 15) is 22.0 Å². The van der Waals surface area contributed by atoms with Gasteiger partial charge in [0.2, 0.25) is 0 Å². The topological polar surface area (TPSA) is 59.4 Å². The summed E-state index contributed by atoms with van der Waals surface area (Å²) in [5.41, 5.74) is 0.106. The van der Waals surface area contributed by atoms with E-state index in [4.69, 9.17) is 19.3 Å². The summed E-state index contributed by atoms with van der Waals surface area (Å²) in [6.07, 6.45) is -1.52. The Morgan fingerprint density at radius 1 is 1.00 bits per heavy atom. The maximum atomic E-state index is 14.0. The van der Waals surface area contributed by atoms with E-state index in [1.165, 1.54) is 18.2 Å². The summed E-state index contributed by atoms with van der Waals surface area (Å²) in [5, 5.41) is 6.44. The van der Waals surface area contributed by atoms with E-state index in [1.54, 1.807) is 5.01 Å². The highest BCUT2D eigenvalue weighted by Gasteiger charge is 2.45. The first-order valence-corrected chi connectivity index (χ1v) is 13.2. The summed E-state index contributed by atoms with van der Waals surface area (Å²) in [5.74, 6) is -1.11. The van der Waals surface area contributed by atoms with Crippen molar-refractivity contribution >= 4 is 11.5 Å². The molecule has 210 valence electrons. The smallest absolute Gasteiger partial charge is 0.353 e. The zero-order valence-electron chi connectivity index (χ0n) is 21.3. The molecule has 3 fully saturated rings. The van der Waals surface area contributed by atoms with Crippen molar-refractivity contribution in [3.05, 3.63) is 59.3 Å². The Balaban J connectivity index is 1.18. The standard InChI is InChI=1S/C27H29F5N4O3/c1-15-25(16-8-18(28)10-19(29)9-16)34-35(14-24-37-6-7-38-24)26(15)39-22-11-20-3-4-21(12-22)36(20)23-5-2-17(13-33-23)27(30,31)32/h2,5,8-10,13,15,20-22,24,26H,3-4,6-7,11-12,14H2,1H3/t15?,20-,21+,22?,26?. The molecule has 5 heterocycles. The molecule has 0 amide bonds. The van der Waals surface area contributed by atoms with Gasteiger partial charge in [-0.1, -0.05) is 6.92 Å². The number of piperidine rings is 1. The lowest BCUT2D eigenvalue weighted by Gasteiger charge is -2.41. The summed E-state index contributed by atoms with van der Waals surface area (Å²) in [6.45, 7) is 3.17. The SMILES string of the molecule is CC1C(c2cc(F)cc(F)c2)=NN(CC2OCCO2)C1OC1C[C@H]2CC[C@@H](C1)N2c1ccc(C(F)(F)F)cn1. The molecule has 2 aromatic rings. The first-order chi connectivity index (χ1) is 18.7. The largest absolute Gasteiger partial charge is 0.417 e. The molecule has 4 aliphatic heterocycles. The Morgan fingerprint density at radius 2 is 1.67 bits per heavy atom. The molecule has 0 spiro atoms. The minimum Gasteiger partial charge on any atom is -0.353 e. The number of ether oxygens (including phenoxy) is 3. The van der Waals surface area contributed by atoms with Crippen molar-refractivity contribution in [2.45, 2.75) is 69.5 Å².